The van der Waals surface area contributed by atoms with Crippen molar-refractivity contribution in [3.8, 4) is 11.8 Å². The molecule has 5 heteroatoms. The lowest BCUT2D eigenvalue weighted by atomic mass is 10.0. The third-order valence-corrected chi connectivity index (χ3v) is 5.68. The third-order valence-electron chi connectivity index (χ3n) is 5.68. The molecule has 0 atom stereocenters. The second-order valence-corrected chi connectivity index (χ2v) is 7.61. The van der Waals surface area contributed by atoms with Crippen molar-refractivity contribution in [3.63, 3.8) is 0 Å². The number of hydrogen-bond donors (Lipinski definition) is 1. The zero-order chi connectivity index (χ0) is 19.1. The largest absolute Gasteiger partial charge is 0.327 e. The van der Waals surface area contributed by atoms with Crippen molar-refractivity contribution >= 4 is 11.7 Å². The van der Waals surface area contributed by atoms with Crippen LogP contribution in [-0.2, 0) is 12.0 Å². The van der Waals surface area contributed by atoms with Gasteiger partial charge in [-0.3, -0.25) is 9.78 Å². The number of aromatic nitrogens is 3. The number of nitrogens with one attached hydrogen (secondary N) is 1. The molecule has 1 amide bonds. The van der Waals surface area contributed by atoms with Crippen molar-refractivity contribution in [1.29, 1.82) is 0 Å². The van der Waals surface area contributed by atoms with Crippen molar-refractivity contribution in [2.45, 2.75) is 38.1 Å². The number of nitrogens with zero attached hydrogens (tertiary/aromatic N) is 3. The number of carbonyl (C=O) groups is 1. The van der Waals surface area contributed by atoms with Gasteiger partial charge in [0.1, 0.15) is 5.82 Å². The summed E-state index contributed by atoms with van der Waals surface area (Å²) < 4.78 is 2.27. The topological polar surface area (TPSA) is 59.8 Å². The van der Waals surface area contributed by atoms with Crippen LogP contribution >= 0.6 is 0 Å². The summed E-state index contributed by atoms with van der Waals surface area (Å²) in [5, 5.41) is 2.94. The van der Waals surface area contributed by atoms with Crippen molar-refractivity contribution in [2.75, 3.05) is 5.32 Å². The van der Waals surface area contributed by atoms with E-state index in [0.29, 0.717) is 16.9 Å². The fraction of sp³-hybridized carbons (Fsp3) is 0.261. The zero-order valence-corrected chi connectivity index (χ0v) is 15.7. The quantitative estimate of drug-likeness (QED) is 0.702. The molecule has 1 aliphatic heterocycles. The first-order valence-electron chi connectivity index (χ1n) is 9.56. The monoisotopic (exact) mass is 368 g/mol. The number of fused-ring (bicyclic) bond motifs is 2. The fourth-order valence-corrected chi connectivity index (χ4v) is 3.83. The molecule has 3 aromatic rings. The fourth-order valence-electron chi connectivity index (χ4n) is 3.83. The van der Waals surface area contributed by atoms with E-state index in [9.17, 15) is 4.79 Å². The summed E-state index contributed by atoms with van der Waals surface area (Å²) in [6.45, 7) is 1.99. The molecule has 138 valence electrons. The van der Waals surface area contributed by atoms with Gasteiger partial charge < -0.3 is 9.88 Å². The van der Waals surface area contributed by atoms with Gasteiger partial charge in [0, 0.05) is 47.2 Å². The van der Waals surface area contributed by atoms with Gasteiger partial charge in [-0.2, -0.15) is 0 Å². The summed E-state index contributed by atoms with van der Waals surface area (Å²) in [6.07, 6.45) is 10.1. The Morgan fingerprint density at radius 3 is 2.89 bits per heavy atom. The number of anilines is 1. The number of pyridine rings is 1. The molecule has 5 nitrogen and oxygen atoms in total. The van der Waals surface area contributed by atoms with Gasteiger partial charge in [-0.25, -0.2) is 4.98 Å². The van der Waals surface area contributed by atoms with Gasteiger partial charge in [-0.15, -0.1) is 0 Å². The van der Waals surface area contributed by atoms with Crippen molar-refractivity contribution in [3.05, 3.63) is 77.0 Å². The van der Waals surface area contributed by atoms with Crippen LogP contribution in [-0.4, -0.2) is 20.4 Å². The number of carbonyl (C=O) groups excluding carboxylic acids is 1. The molecular weight excluding hydrogens is 348 g/mol. The normalized spacial score (nSPS) is 15.6. The zero-order valence-electron chi connectivity index (χ0n) is 15.7. The van der Waals surface area contributed by atoms with Gasteiger partial charge >= 0.3 is 0 Å². The molecule has 5 rings (SSSR count). The number of hydrogen-bond acceptors (Lipinski definition) is 3. The highest BCUT2D eigenvalue weighted by molar-refractivity contribution is 6.04. The number of aryl methyl sites for hydroxylation is 2. The number of imidazole rings is 1. The summed E-state index contributed by atoms with van der Waals surface area (Å²) in [6, 6.07) is 9.35. The maximum absolute atomic E-state index is 12.7. The molecule has 1 spiro atoms. The van der Waals surface area contributed by atoms with Gasteiger partial charge in [0.25, 0.3) is 5.91 Å². The van der Waals surface area contributed by atoms with Gasteiger partial charge in [-0.1, -0.05) is 17.9 Å². The van der Waals surface area contributed by atoms with Crippen LogP contribution in [0.25, 0.3) is 0 Å². The smallest absolute Gasteiger partial charge is 0.256 e. The molecule has 2 aliphatic rings. The molecule has 1 N–H and O–H groups in total. The molecule has 3 heterocycles. The summed E-state index contributed by atoms with van der Waals surface area (Å²) in [5.41, 5.74) is 3.59. The molecule has 0 saturated heterocycles. The van der Waals surface area contributed by atoms with Gasteiger partial charge in [0.2, 0.25) is 0 Å². The van der Waals surface area contributed by atoms with E-state index in [-0.39, 0.29) is 5.91 Å². The van der Waals surface area contributed by atoms with E-state index >= 15 is 0 Å². The van der Waals surface area contributed by atoms with Gasteiger partial charge in [0.15, 0.2) is 5.82 Å². The molecule has 0 unspecified atom stereocenters. The van der Waals surface area contributed by atoms with Gasteiger partial charge in [-0.05, 0) is 56.0 Å². The van der Waals surface area contributed by atoms with Crippen LogP contribution in [0.15, 0.2) is 48.9 Å². The Morgan fingerprint density at radius 1 is 1.21 bits per heavy atom. The standard InChI is InChI=1S/C23H20N4O/c1-16-4-6-19(13-18(16)7-5-17-3-2-12-24-14-17)22(28)26-20-15-27-21(25-20)8-9-23(27)10-11-23/h2-4,6,12-15H,8-11H2,1H3,(H,26,28). The molecule has 2 aromatic heterocycles. The Balaban J connectivity index is 1.36. The molecule has 1 fully saturated rings. The Hall–Kier alpha value is -3.39. The second kappa shape index (κ2) is 6.35. The lowest BCUT2D eigenvalue weighted by molar-refractivity contribution is 0.102. The summed E-state index contributed by atoms with van der Waals surface area (Å²) >= 11 is 0. The summed E-state index contributed by atoms with van der Waals surface area (Å²) in [7, 11) is 0. The third kappa shape index (κ3) is 2.97. The number of benzene rings is 1. The number of amides is 1. The van der Waals surface area contributed by atoms with E-state index < -0.39 is 0 Å². The lowest BCUT2D eigenvalue weighted by Crippen LogP contribution is -2.13. The van der Waals surface area contributed by atoms with Crippen molar-refractivity contribution in [2.24, 2.45) is 0 Å². The van der Waals surface area contributed by atoms with E-state index in [1.54, 1.807) is 12.4 Å². The van der Waals surface area contributed by atoms with Crippen molar-refractivity contribution in [1.82, 2.24) is 14.5 Å². The molecule has 1 aromatic carbocycles. The molecular formula is C23H20N4O. The van der Waals surface area contributed by atoms with Crippen LogP contribution in [0.2, 0.25) is 0 Å². The maximum atomic E-state index is 12.7. The first-order valence-corrected chi connectivity index (χ1v) is 9.56. The van der Waals surface area contributed by atoms with E-state index in [4.69, 9.17) is 0 Å². The minimum Gasteiger partial charge on any atom is -0.327 e. The Labute approximate surface area is 163 Å². The highest BCUT2D eigenvalue weighted by atomic mass is 16.1. The predicted octanol–water partition coefficient (Wildman–Crippen LogP) is 3.67. The molecule has 1 aliphatic carbocycles. The minimum absolute atomic E-state index is 0.161. The van der Waals surface area contributed by atoms with E-state index in [1.165, 1.54) is 19.3 Å². The van der Waals surface area contributed by atoms with Gasteiger partial charge in [0.05, 0.1) is 0 Å². The van der Waals surface area contributed by atoms with Crippen molar-refractivity contribution < 1.29 is 4.79 Å². The van der Waals surface area contributed by atoms with Crippen LogP contribution in [0.1, 0.15) is 52.1 Å². The summed E-state index contributed by atoms with van der Waals surface area (Å²) in [4.78, 5) is 21.4. The highest BCUT2D eigenvalue weighted by Crippen LogP contribution is 2.51. The average molecular weight is 368 g/mol. The predicted molar refractivity (Wildman–Crippen MR) is 107 cm³/mol. The molecule has 0 radical (unpaired) electrons. The van der Waals surface area contributed by atoms with E-state index in [2.05, 4.69) is 31.7 Å². The lowest BCUT2D eigenvalue weighted by Gasteiger charge is -2.08. The summed E-state index contributed by atoms with van der Waals surface area (Å²) in [5.74, 6) is 7.80. The first-order chi connectivity index (χ1) is 13.6. The second-order valence-electron chi connectivity index (χ2n) is 7.61. The molecule has 0 bridgehead atoms. The minimum atomic E-state index is -0.161. The molecule has 28 heavy (non-hydrogen) atoms. The molecule has 1 saturated carbocycles. The Bertz CT molecular complexity index is 1130. The first kappa shape index (κ1) is 16.8. The highest BCUT2D eigenvalue weighted by Gasteiger charge is 2.49. The SMILES string of the molecule is Cc1ccc(C(=O)Nc2cn3c(n2)CCC32CC2)cc1C#Cc1cccnc1. The average Bonchev–Trinajstić information content (AvgIpc) is 3.28. The van der Waals surface area contributed by atoms with Crippen LogP contribution in [0.5, 0.6) is 0 Å². The van der Waals surface area contributed by atoms with Crippen LogP contribution in [0, 0.1) is 18.8 Å². The van der Waals surface area contributed by atoms with E-state index in [0.717, 1.165) is 28.9 Å². The maximum Gasteiger partial charge on any atom is 0.256 e. The number of rotatable bonds is 2. The Morgan fingerprint density at radius 2 is 2.11 bits per heavy atom. The Kier molecular flexibility index (Phi) is 3.80. The van der Waals surface area contributed by atoms with E-state index in [1.807, 2.05) is 43.5 Å². The van der Waals surface area contributed by atoms with Crippen LogP contribution in [0.4, 0.5) is 5.82 Å². The van der Waals surface area contributed by atoms with Crippen LogP contribution < -0.4 is 5.32 Å². The van der Waals surface area contributed by atoms with Crippen LogP contribution in [0.3, 0.4) is 0 Å².